The van der Waals surface area contributed by atoms with Crippen molar-refractivity contribution in [1.29, 1.82) is 0 Å². The third-order valence-electron chi connectivity index (χ3n) is 3.89. The van der Waals surface area contributed by atoms with E-state index in [0.29, 0.717) is 17.9 Å². The number of nitrogens with zero attached hydrogens (tertiary/aromatic N) is 1. The molecule has 2 amide bonds. The van der Waals surface area contributed by atoms with Crippen molar-refractivity contribution in [3.63, 3.8) is 0 Å². The number of ether oxygens (including phenoxy) is 1. The van der Waals surface area contributed by atoms with Crippen LogP contribution in [0.1, 0.15) is 17.3 Å². The lowest BCUT2D eigenvalue weighted by molar-refractivity contribution is -0.115. The SMILES string of the molecule is CCOc1ccc(NC(=O)CNC(=O)c2ccc(-n3cccc3)cc2)cc1. The molecule has 1 heterocycles. The lowest BCUT2D eigenvalue weighted by Crippen LogP contribution is -2.32. The first-order chi connectivity index (χ1) is 13.2. The van der Waals surface area contributed by atoms with Gasteiger partial charge in [-0.2, -0.15) is 0 Å². The minimum Gasteiger partial charge on any atom is -0.494 e. The lowest BCUT2D eigenvalue weighted by atomic mass is 10.2. The highest BCUT2D eigenvalue weighted by Gasteiger charge is 2.09. The van der Waals surface area contributed by atoms with Gasteiger partial charge < -0.3 is 19.9 Å². The zero-order valence-corrected chi connectivity index (χ0v) is 15.0. The summed E-state index contributed by atoms with van der Waals surface area (Å²) in [5.74, 6) is 0.152. The number of hydrogen-bond donors (Lipinski definition) is 2. The lowest BCUT2D eigenvalue weighted by Gasteiger charge is -2.09. The first-order valence-electron chi connectivity index (χ1n) is 8.70. The topological polar surface area (TPSA) is 72.4 Å². The van der Waals surface area contributed by atoms with Crippen LogP contribution in [0.5, 0.6) is 5.75 Å². The molecule has 0 aliphatic carbocycles. The summed E-state index contributed by atoms with van der Waals surface area (Å²) in [6.45, 7) is 2.39. The van der Waals surface area contributed by atoms with Crippen LogP contribution in [0.25, 0.3) is 5.69 Å². The summed E-state index contributed by atoms with van der Waals surface area (Å²) in [6, 6.07) is 18.1. The smallest absolute Gasteiger partial charge is 0.251 e. The molecule has 1 aromatic heterocycles. The van der Waals surface area contributed by atoms with Crippen LogP contribution in [-0.4, -0.2) is 29.5 Å². The van der Waals surface area contributed by atoms with E-state index in [-0.39, 0.29) is 18.4 Å². The third-order valence-corrected chi connectivity index (χ3v) is 3.89. The maximum Gasteiger partial charge on any atom is 0.251 e. The molecule has 6 nitrogen and oxygen atoms in total. The number of amides is 2. The minimum atomic E-state index is -0.295. The summed E-state index contributed by atoms with van der Waals surface area (Å²) >= 11 is 0. The number of benzene rings is 2. The van der Waals surface area contributed by atoms with Gasteiger partial charge in [-0.15, -0.1) is 0 Å². The monoisotopic (exact) mass is 363 g/mol. The minimum absolute atomic E-state index is 0.106. The van der Waals surface area contributed by atoms with E-state index in [4.69, 9.17) is 4.74 Å². The van der Waals surface area contributed by atoms with Gasteiger partial charge in [-0.25, -0.2) is 0 Å². The van der Waals surface area contributed by atoms with Gasteiger partial charge in [0.15, 0.2) is 0 Å². The van der Waals surface area contributed by atoms with Crippen molar-refractivity contribution in [1.82, 2.24) is 9.88 Å². The van der Waals surface area contributed by atoms with Gasteiger partial charge in [0.25, 0.3) is 5.91 Å². The van der Waals surface area contributed by atoms with Crippen molar-refractivity contribution >= 4 is 17.5 Å². The average Bonchev–Trinajstić information content (AvgIpc) is 3.23. The number of carbonyl (C=O) groups excluding carboxylic acids is 2. The Hall–Kier alpha value is -3.54. The van der Waals surface area contributed by atoms with E-state index >= 15 is 0 Å². The quantitative estimate of drug-likeness (QED) is 0.677. The highest BCUT2D eigenvalue weighted by atomic mass is 16.5. The van der Waals surface area contributed by atoms with Crippen molar-refractivity contribution in [2.24, 2.45) is 0 Å². The number of aromatic nitrogens is 1. The van der Waals surface area contributed by atoms with Gasteiger partial charge in [0.2, 0.25) is 5.91 Å². The molecule has 0 saturated heterocycles. The Balaban J connectivity index is 1.50. The standard InChI is InChI=1S/C21H21N3O3/c1-2-27-19-11-7-17(8-12-19)23-20(25)15-22-21(26)16-5-9-18(10-6-16)24-13-3-4-14-24/h3-14H,2,15H2,1H3,(H,22,26)(H,23,25). The molecule has 0 saturated carbocycles. The fourth-order valence-corrected chi connectivity index (χ4v) is 2.56. The molecule has 0 atom stereocenters. The van der Waals surface area contributed by atoms with E-state index in [1.165, 1.54) is 0 Å². The highest BCUT2D eigenvalue weighted by Crippen LogP contribution is 2.15. The summed E-state index contributed by atoms with van der Waals surface area (Å²) in [4.78, 5) is 24.2. The molecule has 0 radical (unpaired) electrons. The summed E-state index contributed by atoms with van der Waals surface area (Å²) in [5.41, 5.74) is 2.11. The zero-order chi connectivity index (χ0) is 19.1. The maximum atomic E-state index is 12.2. The molecule has 0 spiro atoms. The number of nitrogens with one attached hydrogen (secondary N) is 2. The first-order valence-corrected chi connectivity index (χ1v) is 8.70. The largest absolute Gasteiger partial charge is 0.494 e. The Morgan fingerprint density at radius 1 is 0.963 bits per heavy atom. The molecule has 6 heteroatoms. The van der Waals surface area contributed by atoms with E-state index in [9.17, 15) is 9.59 Å². The molecule has 0 fully saturated rings. The van der Waals surface area contributed by atoms with Crippen molar-refractivity contribution in [2.75, 3.05) is 18.5 Å². The number of anilines is 1. The Morgan fingerprint density at radius 3 is 2.26 bits per heavy atom. The van der Waals surface area contributed by atoms with E-state index in [0.717, 1.165) is 11.4 Å². The second-order valence-corrected chi connectivity index (χ2v) is 5.83. The molecule has 2 N–H and O–H groups in total. The van der Waals surface area contributed by atoms with Crippen LogP contribution in [0.2, 0.25) is 0 Å². The van der Waals surface area contributed by atoms with Crippen LogP contribution in [-0.2, 0) is 4.79 Å². The summed E-state index contributed by atoms with van der Waals surface area (Å²) in [6.07, 6.45) is 3.86. The fraction of sp³-hybridized carbons (Fsp3) is 0.143. The summed E-state index contributed by atoms with van der Waals surface area (Å²) in [5, 5.41) is 5.36. The van der Waals surface area contributed by atoms with Crippen LogP contribution in [0.3, 0.4) is 0 Å². The van der Waals surface area contributed by atoms with Crippen LogP contribution in [0.15, 0.2) is 73.1 Å². The second kappa shape index (κ2) is 8.71. The number of hydrogen-bond acceptors (Lipinski definition) is 3. The highest BCUT2D eigenvalue weighted by molar-refractivity contribution is 5.99. The Bertz CT molecular complexity index is 885. The van der Waals surface area contributed by atoms with Gasteiger partial charge in [0, 0.05) is 29.3 Å². The van der Waals surface area contributed by atoms with Crippen LogP contribution in [0, 0.1) is 0 Å². The molecule has 0 aliphatic heterocycles. The van der Waals surface area contributed by atoms with Gasteiger partial charge in [-0.1, -0.05) is 0 Å². The average molecular weight is 363 g/mol. The predicted molar refractivity (Wildman–Crippen MR) is 104 cm³/mol. The predicted octanol–water partition coefficient (Wildman–Crippen LogP) is 3.24. The molecule has 138 valence electrons. The van der Waals surface area contributed by atoms with Crippen molar-refractivity contribution in [3.05, 3.63) is 78.6 Å². The second-order valence-electron chi connectivity index (χ2n) is 5.83. The Kier molecular flexibility index (Phi) is 5.89. The molecular formula is C21H21N3O3. The normalized spacial score (nSPS) is 10.3. The molecule has 3 rings (SSSR count). The molecule has 2 aromatic carbocycles. The number of rotatable bonds is 7. The van der Waals surface area contributed by atoms with Crippen LogP contribution >= 0.6 is 0 Å². The molecule has 27 heavy (non-hydrogen) atoms. The molecule has 0 bridgehead atoms. The van der Waals surface area contributed by atoms with E-state index < -0.39 is 0 Å². The number of carbonyl (C=O) groups is 2. The van der Waals surface area contributed by atoms with E-state index in [2.05, 4.69) is 10.6 Å². The molecule has 0 unspecified atom stereocenters. The Labute approximate surface area is 157 Å². The Morgan fingerprint density at radius 2 is 1.63 bits per heavy atom. The van der Waals surface area contributed by atoms with Gasteiger partial charge in [-0.3, -0.25) is 9.59 Å². The molecular weight excluding hydrogens is 342 g/mol. The van der Waals surface area contributed by atoms with Gasteiger partial charge in [0.05, 0.1) is 13.2 Å². The summed E-state index contributed by atoms with van der Waals surface area (Å²) < 4.78 is 7.30. The van der Waals surface area contributed by atoms with Crippen molar-refractivity contribution in [3.8, 4) is 11.4 Å². The van der Waals surface area contributed by atoms with Gasteiger partial charge in [-0.05, 0) is 67.6 Å². The maximum absolute atomic E-state index is 12.2. The van der Waals surface area contributed by atoms with Crippen LogP contribution < -0.4 is 15.4 Å². The molecule has 3 aromatic rings. The van der Waals surface area contributed by atoms with Crippen molar-refractivity contribution < 1.29 is 14.3 Å². The van der Waals surface area contributed by atoms with E-state index in [1.54, 1.807) is 36.4 Å². The van der Waals surface area contributed by atoms with E-state index in [1.807, 2.05) is 48.1 Å². The third kappa shape index (κ3) is 4.98. The van der Waals surface area contributed by atoms with Gasteiger partial charge in [0.1, 0.15) is 5.75 Å². The first kappa shape index (κ1) is 18.3. The summed E-state index contributed by atoms with van der Waals surface area (Å²) in [7, 11) is 0. The van der Waals surface area contributed by atoms with Gasteiger partial charge >= 0.3 is 0 Å². The fourth-order valence-electron chi connectivity index (χ4n) is 2.56. The zero-order valence-electron chi connectivity index (χ0n) is 15.0. The van der Waals surface area contributed by atoms with Crippen LogP contribution in [0.4, 0.5) is 5.69 Å². The molecule has 0 aliphatic rings. The van der Waals surface area contributed by atoms with Crippen molar-refractivity contribution in [2.45, 2.75) is 6.92 Å².